The Labute approximate surface area is 58.2 Å². The molecule has 0 aliphatic rings. The Morgan fingerprint density at radius 1 is 1.75 bits per heavy atom. The van der Waals surface area contributed by atoms with E-state index in [1.807, 2.05) is 6.19 Å². The predicted molar refractivity (Wildman–Crippen MR) is 36.7 cm³/mol. The molecule has 8 heavy (non-hydrogen) atoms. The average Bonchev–Trinajstić information content (AvgIpc) is 1.83. The summed E-state index contributed by atoms with van der Waals surface area (Å²) in [5.41, 5.74) is 0. The van der Waals surface area contributed by atoms with Gasteiger partial charge in [0.15, 0.2) is 6.19 Å². The van der Waals surface area contributed by atoms with Crippen LogP contribution in [0.3, 0.4) is 0 Å². The molecule has 0 aromatic rings. The van der Waals surface area contributed by atoms with Crippen molar-refractivity contribution < 1.29 is 0 Å². The fourth-order valence-corrected chi connectivity index (χ4v) is 0.598. The van der Waals surface area contributed by atoms with Crippen LogP contribution < -0.4 is 0 Å². The van der Waals surface area contributed by atoms with E-state index in [0.29, 0.717) is 0 Å². The molecule has 0 radical (unpaired) electrons. The third-order valence-corrected chi connectivity index (χ3v) is 1.36. The summed E-state index contributed by atoms with van der Waals surface area (Å²) in [5.74, 6) is 0. The van der Waals surface area contributed by atoms with E-state index in [9.17, 15) is 0 Å². The van der Waals surface area contributed by atoms with Crippen molar-refractivity contribution in [2.75, 3.05) is 18.9 Å². The largest absolute Gasteiger partial charge is 0.314 e. The lowest BCUT2D eigenvalue weighted by atomic mass is 10.5. The molecule has 0 aliphatic heterocycles. The van der Waals surface area contributed by atoms with E-state index < -0.39 is 0 Å². The highest BCUT2D eigenvalue weighted by Crippen LogP contribution is 1.88. The van der Waals surface area contributed by atoms with Crippen LogP contribution in [0.4, 0.5) is 0 Å². The van der Waals surface area contributed by atoms with Crippen LogP contribution in [0.15, 0.2) is 0 Å². The number of alkyl halides is 1. The maximum absolute atomic E-state index is 8.22. The van der Waals surface area contributed by atoms with Gasteiger partial charge >= 0.3 is 0 Å². The van der Waals surface area contributed by atoms with Gasteiger partial charge in [0.25, 0.3) is 0 Å². The number of hydrogen-bond acceptors (Lipinski definition) is 2. The first kappa shape index (κ1) is 7.77. The van der Waals surface area contributed by atoms with Gasteiger partial charge in [0.1, 0.15) is 0 Å². The first-order chi connectivity index (χ1) is 3.81. The van der Waals surface area contributed by atoms with Crippen molar-refractivity contribution in [1.29, 1.82) is 5.26 Å². The van der Waals surface area contributed by atoms with Crippen LogP contribution in [0, 0.1) is 11.5 Å². The highest BCUT2D eigenvalue weighted by atomic mass is 79.9. The Bertz CT molecular complexity index is 86.9. The number of hydrogen-bond donors (Lipinski definition) is 0. The molecule has 0 bridgehead atoms. The SMILES string of the molecule is CN(C#N)CCCBr. The standard InChI is InChI=1S/C5H9BrN2/c1-8(5-7)4-2-3-6/h2-4H2,1H3. The summed E-state index contributed by atoms with van der Waals surface area (Å²) in [5, 5.41) is 9.19. The molecule has 0 aromatic carbocycles. The fraction of sp³-hybridized carbons (Fsp3) is 0.800. The summed E-state index contributed by atoms with van der Waals surface area (Å²) < 4.78 is 0. The minimum absolute atomic E-state index is 0.849. The summed E-state index contributed by atoms with van der Waals surface area (Å²) in [6, 6.07) is 0. The monoisotopic (exact) mass is 176 g/mol. The molecule has 0 aromatic heterocycles. The molecule has 0 atom stereocenters. The van der Waals surface area contributed by atoms with Gasteiger partial charge < -0.3 is 4.90 Å². The molecule has 46 valence electrons. The number of halogens is 1. The van der Waals surface area contributed by atoms with Gasteiger partial charge in [-0.15, -0.1) is 0 Å². The Morgan fingerprint density at radius 3 is 2.75 bits per heavy atom. The molecule has 0 saturated carbocycles. The molecule has 0 amide bonds. The molecule has 0 N–H and O–H groups in total. The Morgan fingerprint density at radius 2 is 2.38 bits per heavy atom. The fourth-order valence-electron chi connectivity index (χ4n) is 0.347. The second kappa shape index (κ2) is 4.92. The highest BCUT2D eigenvalue weighted by Gasteiger charge is 1.88. The highest BCUT2D eigenvalue weighted by molar-refractivity contribution is 9.09. The minimum atomic E-state index is 0.849. The summed E-state index contributed by atoms with van der Waals surface area (Å²) >= 11 is 3.27. The zero-order valence-electron chi connectivity index (χ0n) is 4.89. The molecular weight excluding hydrogens is 168 g/mol. The van der Waals surface area contributed by atoms with Crippen molar-refractivity contribution in [3.63, 3.8) is 0 Å². The first-order valence-corrected chi connectivity index (χ1v) is 3.60. The lowest BCUT2D eigenvalue weighted by molar-refractivity contribution is 0.474. The maximum Gasteiger partial charge on any atom is 0.179 e. The number of rotatable bonds is 3. The van der Waals surface area contributed by atoms with Crippen molar-refractivity contribution in [2.45, 2.75) is 6.42 Å². The molecule has 0 saturated heterocycles. The molecule has 2 nitrogen and oxygen atoms in total. The first-order valence-electron chi connectivity index (χ1n) is 2.48. The van der Waals surface area contributed by atoms with Crippen LogP contribution in [0.25, 0.3) is 0 Å². The second-order valence-corrected chi connectivity index (χ2v) is 2.36. The van der Waals surface area contributed by atoms with E-state index in [1.165, 1.54) is 0 Å². The number of nitriles is 1. The van der Waals surface area contributed by atoms with Crippen molar-refractivity contribution >= 4 is 15.9 Å². The van der Waals surface area contributed by atoms with Gasteiger partial charge in [-0.2, -0.15) is 5.26 Å². The van der Waals surface area contributed by atoms with Gasteiger partial charge in [-0.05, 0) is 6.42 Å². The van der Waals surface area contributed by atoms with E-state index in [0.717, 1.165) is 18.3 Å². The van der Waals surface area contributed by atoms with Gasteiger partial charge in [0, 0.05) is 18.9 Å². The van der Waals surface area contributed by atoms with Gasteiger partial charge in [0.05, 0.1) is 0 Å². The normalized spacial score (nSPS) is 8.12. The van der Waals surface area contributed by atoms with Gasteiger partial charge in [0.2, 0.25) is 0 Å². The smallest absolute Gasteiger partial charge is 0.179 e. The molecule has 0 aliphatic carbocycles. The van der Waals surface area contributed by atoms with Crippen LogP contribution >= 0.6 is 15.9 Å². The molecular formula is C5H9BrN2. The summed E-state index contributed by atoms with van der Waals surface area (Å²) in [7, 11) is 1.78. The van der Waals surface area contributed by atoms with Crippen molar-refractivity contribution in [1.82, 2.24) is 4.90 Å². The summed E-state index contributed by atoms with van der Waals surface area (Å²) in [4.78, 5) is 1.61. The second-order valence-electron chi connectivity index (χ2n) is 1.56. The third kappa shape index (κ3) is 3.94. The van der Waals surface area contributed by atoms with E-state index in [4.69, 9.17) is 5.26 Å². The zero-order valence-corrected chi connectivity index (χ0v) is 6.48. The summed E-state index contributed by atoms with van der Waals surface area (Å²) in [6.07, 6.45) is 3.04. The average molecular weight is 177 g/mol. The molecule has 0 spiro atoms. The van der Waals surface area contributed by atoms with Gasteiger partial charge in [-0.3, -0.25) is 0 Å². The topological polar surface area (TPSA) is 27.0 Å². The number of nitrogens with zero attached hydrogens (tertiary/aromatic N) is 2. The Kier molecular flexibility index (Phi) is 4.78. The Hall–Kier alpha value is -0.230. The molecule has 0 fully saturated rings. The van der Waals surface area contributed by atoms with E-state index >= 15 is 0 Å². The third-order valence-electron chi connectivity index (χ3n) is 0.798. The van der Waals surface area contributed by atoms with Crippen molar-refractivity contribution in [3.05, 3.63) is 0 Å². The van der Waals surface area contributed by atoms with Crippen LogP contribution in [0.5, 0.6) is 0 Å². The van der Waals surface area contributed by atoms with Crippen LogP contribution in [0.2, 0.25) is 0 Å². The van der Waals surface area contributed by atoms with Crippen molar-refractivity contribution in [2.24, 2.45) is 0 Å². The van der Waals surface area contributed by atoms with E-state index in [-0.39, 0.29) is 0 Å². The maximum atomic E-state index is 8.22. The van der Waals surface area contributed by atoms with Crippen LogP contribution in [0.1, 0.15) is 6.42 Å². The van der Waals surface area contributed by atoms with E-state index in [2.05, 4.69) is 15.9 Å². The summed E-state index contributed by atoms with van der Waals surface area (Å²) in [6.45, 7) is 0.849. The lowest BCUT2D eigenvalue weighted by Crippen LogP contribution is -2.12. The molecule has 0 heterocycles. The zero-order chi connectivity index (χ0) is 6.41. The Balaban J connectivity index is 3.02. The quantitative estimate of drug-likeness (QED) is 0.367. The van der Waals surface area contributed by atoms with Crippen LogP contribution in [-0.2, 0) is 0 Å². The molecule has 3 heteroatoms. The van der Waals surface area contributed by atoms with Gasteiger partial charge in [-0.1, -0.05) is 15.9 Å². The van der Waals surface area contributed by atoms with Crippen LogP contribution in [-0.4, -0.2) is 23.8 Å². The van der Waals surface area contributed by atoms with E-state index in [1.54, 1.807) is 11.9 Å². The lowest BCUT2D eigenvalue weighted by Gasteiger charge is -2.04. The predicted octanol–water partition coefficient (Wildman–Crippen LogP) is 1.18. The van der Waals surface area contributed by atoms with Gasteiger partial charge in [-0.25, -0.2) is 0 Å². The minimum Gasteiger partial charge on any atom is -0.314 e. The van der Waals surface area contributed by atoms with Crippen molar-refractivity contribution in [3.8, 4) is 6.19 Å². The molecule has 0 rings (SSSR count). The molecule has 0 unspecified atom stereocenters.